The maximum atomic E-state index is 10.7. The first-order valence-corrected chi connectivity index (χ1v) is 4.28. The second kappa shape index (κ2) is 4.75. The third-order valence-electron chi connectivity index (χ3n) is 1.96. The van der Waals surface area contributed by atoms with E-state index in [-0.39, 0.29) is 5.97 Å². The van der Waals surface area contributed by atoms with Gasteiger partial charge in [0.05, 0.1) is 7.11 Å². The van der Waals surface area contributed by atoms with Crippen molar-refractivity contribution in [2.75, 3.05) is 7.11 Å². The van der Waals surface area contributed by atoms with E-state index in [1.54, 1.807) is 0 Å². The van der Waals surface area contributed by atoms with Gasteiger partial charge < -0.3 is 4.74 Å². The van der Waals surface area contributed by atoms with E-state index in [1.165, 1.54) is 31.6 Å². The summed E-state index contributed by atoms with van der Waals surface area (Å²) in [5.41, 5.74) is 1.26. The molecule has 0 amide bonds. The van der Waals surface area contributed by atoms with E-state index < -0.39 is 0 Å². The van der Waals surface area contributed by atoms with Gasteiger partial charge in [-0.2, -0.15) is 0 Å². The molecule has 0 aromatic carbocycles. The lowest BCUT2D eigenvalue weighted by Gasteiger charge is -2.07. The van der Waals surface area contributed by atoms with E-state index in [4.69, 9.17) is 0 Å². The Morgan fingerprint density at radius 2 is 2.42 bits per heavy atom. The molecule has 12 heavy (non-hydrogen) atoms. The van der Waals surface area contributed by atoms with Crippen molar-refractivity contribution >= 4 is 5.97 Å². The van der Waals surface area contributed by atoms with E-state index in [0.717, 1.165) is 12.8 Å². The van der Waals surface area contributed by atoms with Gasteiger partial charge in [0, 0.05) is 6.08 Å². The Bertz CT molecular complexity index is 214. The molecule has 0 radical (unpaired) electrons. The van der Waals surface area contributed by atoms with Crippen LogP contribution in [0.5, 0.6) is 0 Å². The fraction of sp³-hybridized carbons (Fsp3) is 0.500. The van der Waals surface area contributed by atoms with Crippen LogP contribution in [0.25, 0.3) is 0 Å². The Hall–Kier alpha value is -1.05. The molecule has 0 spiro atoms. The van der Waals surface area contributed by atoms with Crippen LogP contribution in [0.1, 0.15) is 25.7 Å². The summed E-state index contributed by atoms with van der Waals surface area (Å²) < 4.78 is 4.49. The van der Waals surface area contributed by atoms with E-state index >= 15 is 0 Å². The molecule has 0 atom stereocenters. The number of hydrogen-bond acceptors (Lipinski definition) is 2. The minimum Gasteiger partial charge on any atom is -0.466 e. The number of rotatable bonds is 2. The van der Waals surface area contributed by atoms with Crippen molar-refractivity contribution in [2.24, 2.45) is 0 Å². The van der Waals surface area contributed by atoms with Crippen LogP contribution in [0.2, 0.25) is 0 Å². The second-order valence-corrected chi connectivity index (χ2v) is 2.88. The van der Waals surface area contributed by atoms with Crippen molar-refractivity contribution in [1.29, 1.82) is 0 Å². The highest BCUT2D eigenvalue weighted by Gasteiger charge is 2.00. The van der Waals surface area contributed by atoms with Crippen molar-refractivity contribution in [3.63, 3.8) is 0 Å². The van der Waals surface area contributed by atoms with Crippen molar-refractivity contribution in [1.82, 2.24) is 0 Å². The SMILES string of the molecule is COC(=O)/C=C/C1=CCCCC1. The number of carbonyl (C=O) groups is 1. The minimum atomic E-state index is -0.276. The molecule has 1 aliphatic carbocycles. The fourth-order valence-electron chi connectivity index (χ4n) is 1.26. The molecule has 1 rings (SSSR count). The van der Waals surface area contributed by atoms with Gasteiger partial charge in [-0.05, 0) is 25.7 Å². The molecule has 0 aliphatic heterocycles. The molecule has 0 aromatic rings. The predicted molar refractivity (Wildman–Crippen MR) is 47.7 cm³/mol. The normalized spacial score (nSPS) is 17.6. The zero-order valence-corrected chi connectivity index (χ0v) is 7.38. The lowest BCUT2D eigenvalue weighted by atomic mass is 9.99. The quantitative estimate of drug-likeness (QED) is 0.464. The minimum absolute atomic E-state index is 0.276. The summed E-state index contributed by atoms with van der Waals surface area (Å²) in [6.45, 7) is 0. The number of hydrogen-bond donors (Lipinski definition) is 0. The zero-order chi connectivity index (χ0) is 8.81. The first kappa shape index (κ1) is 9.04. The molecule has 0 N–H and O–H groups in total. The number of methoxy groups -OCH3 is 1. The van der Waals surface area contributed by atoms with Gasteiger partial charge in [0.25, 0.3) is 0 Å². The Labute approximate surface area is 72.9 Å². The third-order valence-corrected chi connectivity index (χ3v) is 1.96. The Morgan fingerprint density at radius 3 is 3.00 bits per heavy atom. The predicted octanol–water partition coefficient (Wildman–Crippen LogP) is 2.22. The number of carbonyl (C=O) groups excluding carboxylic acids is 1. The highest BCUT2D eigenvalue weighted by Crippen LogP contribution is 2.17. The number of ether oxygens (including phenoxy) is 1. The Balaban J connectivity index is 2.43. The topological polar surface area (TPSA) is 26.3 Å². The van der Waals surface area contributed by atoms with Crippen LogP contribution in [0.3, 0.4) is 0 Å². The van der Waals surface area contributed by atoms with Gasteiger partial charge in [0.2, 0.25) is 0 Å². The highest BCUT2D eigenvalue weighted by molar-refractivity contribution is 5.82. The maximum Gasteiger partial charge on any atom is 0.330 e. The van der Waals surface area contributed by atoms with Crippen molar-refractivity contribution < 1.29 is 9.53 Å². The molecule has 0 aromatic heterocycles. The van der Waals surface area contributed by atoms with Crippen LogP contribution in [-0.4, -0.2) is 13.1 Å². The van der Waals surface area contributed by atoms with Crippen molar-refractivity contribution in [2.45, 2.75) is 25.7 Å². The third kappa shape index (κ3) is 2.91. The largest absolute Gasteiger partial charge is 0.466 e. The summed E-state index contributed by atoms with van der Waals surface area (Å²) in [4.78, 5) is 10.7. The summed E-state index contributed by atoms with van der Waals surface area (Å²) >= 11 is 0. The Kier molecular flexibility index (Phi) is 3.58. The molecule has 0 saturated carbocycles. The van der Waals surface area contributed by atoms with Crippen LogP contribution in [0.4, 0.5) is 0 Å². The van der Waals surface area contributed by atoms with Crippen molar-refractivity contribution in [3.8, 4) is 0 Å². The molecule has 66 valence electrons. The molecular formula is C10H14O2. The lowest BCUT2D eigenvalue weighted by Crippen LogP contribution is -1.95. The smallest absolute Gasteiger partial charge is 0.330 e. The van der Waals surface area contributed by atoms with E-state index in [9.17, 15) is 4.79 Å². The highest BCUT2D eigenvalue weighted by atomic mass is 16.5. The van der Waals surface area contributed by atoms with Gasteiger partial charge in [-0.1, -0.05) is 17.7 Å². The molecule has 1 aliphatic rings. The van der Waals surface area contributed by atoms with Gasteiger partial charge in [0.1, 0.15) is 0 Å². The molecule has 2 nitrogen and oxygen atoms in total. The van der Waals surface area contributed by atoms with Crippen LogP contribution in [0.15, 0.2) is 23.8 Å². The summed E-state index contributed by atoms with van der Waals surface area (Å²) in [6, 6.07) is 0. The average Bonchev–Trinajstić information content (AvgIpc) is 2.16. The monoisotopic (exact) mass is 166 g/mol. The van der Waals surface area contributed by atoms with Gasteiger partial charge in [-0.15, -0.1) is 0 Å². The lowest BCUT2D eigenvalue weighted by molar-refractivity contribution is -0.134. The summed E-state index contributed by atoms with van der Waals surface area (Å²) in [6.07, 6.45) is 10.3. The standard InChI is InChI=1S/C10H14O2/c1-12-10(11)8-7-9-5-3-2-4-6-9/h5,7-8H,2-4,6H2,1H3/b8-7+. The number of esters is 1. The van der Waals surface area contributed by atoms with Crippen LogP contribution < -0.4 is 0 Å². The molecule has 0 fully saturated rings. The molecule has 2 heteroatoms. The molecule has 0 bridgehead atoms. The molecule has 0 unspecified atom stereocenters. The van der Waals surface area contributed by atoms with Gasteiger partial charge in [-0.25, -0.2) is 4.79 Å². The Morgan fingerprint density at radius 1 is 1.58 bits per heavy atom. The van der Waals surface area contributed by atoms with E-state index in [2.05, 4.69) is 10.8 Å². The van der Waals surface area contributed by atoms with Gasteiger partial charge >= 0.3 is 5.97 Å². The van der Waals surface area contributed by atoms with Crippen LogP contribution in [-0.2, 0) is 9.53 Å². The molecule has 0 saturated heterocycles. The molecular weight excluding hydrogens is 152 g/mol. The van der Waals surface area contributed by atoms with Gasteiger partial charge in [-0.3, -0.25) is 0 Å². The summed E-state index contributed by atoms with van der Waals surface area (Å²) in [5, 5.41) is 0. The van der Waals surface area contributed by atoms with Gasteiger partial charge in [0.15, 0.2) is 0 Å². The fourth-order valence-corrected chi connectivity index (χ4v) is 1.26. The van der Waals surface area contributed by atoms with Crippen LogP contribution in [0, 0.1) is 0 Å². The number of allylic oxidation sites excluding steroid dienone is 3. The first-order chi connectivity index (χ1) is 5.83. The average molecular weight is 166 g/mol. The van der Waals surface area contributed by atoms with E-state index in [0.29, 0.717) is 0 Å². The first-order valence-electron chi connectivity index (χ1n) is 4.28. The van der Waals surface area contributed by atoms with Crippen molar-refractivity contribution in [3.05, 3.63) is 23.8 Å². The molecule has 0 heterocycles. The summed E-state index contributed by atoms with van der Waals surface area (Å²) in [5.74, 6) is -0.276. The van der Waals surface area contributed by atoms with E-state index in [1.807, 2.05) is 6.08 Å². The summed E-state index contributed by atoms with van der Waals surface area (Å²) in [7, 11) is 1.39. The zero-order valence-electron chi connectivity index (χ0n) is 7.38. The maximum absolute atomic E-state index is 10.7. The second-order valence-electron chi connectivity index (χ2n) is 2.88. The van der Waals surface area contributed by atoms with Crippen LogP contribution >= 0.6 is 0 Å².